The molecular weight excluding hydrogens is 357 g/mol. The number of benzene rings is 1. The van der Waals surface area contributed by atoms with Crippen LogP contribution in [0.5, 0.6) is 0 Å². The smallest absolute Gasteiger partial charge is 0.163 e. The molecule has 0 bridgehead atoms. The van der Waals surface area contributed by atoms with Crippen LogP contribution in [0.25, 0.3) is 10.9 Å². The van der Waals surface area contributed by atoms with Gasteiger partial charge in [0.25, 0.3) is 0 Å². The molecular formula is C18H23ClFN5O. The molecule has 1 aliphatic rings. The monoisotopic (exact) mass is 379 g/mol. The van der Waals surface area contributed by atoms with E-state index in [2.05, 4.69) is 15.5 Å². The first kappa shape index (κ1) is 18.7. The summed E-state index contributed by atoms with van der Waals surface area (Å²) in [6, 6.07) is 3.16. The van der Waals surface area contributed by atoms with Gasteiger partial charge in [-0.1, -0.05) is 0 Å². The molecule has 26 heavy (non-hydrogen) atoms. The lowest BCUT2D eigenvalue weighted by Crippen LogP contribution is -2.15. The number of anilines is 2. The molecule has 3 aromatic rings. The zero-order chi connectivity index (χ0) is 17.8. The summed E-state index contributed by atoms with van der Waals surface area (Å²) in [6.45, 7) is 4.20. The maximum atomic E-state index is 14.8. The number of nitrogens with zero attached hydrogens (tertiary/aromatic N) is 4. The molecule has 0 amide bonds. The molecule has 2 N–H and O–H groups in total. The van der Waals surface area contributed by atoms with Crippen LogP contribution in [0.15, 0.2) is 18.3 Å². The standard InChI is InChI=1S/C18H22FN5O.ClH/c1-18(2,25)11-8-12(19)16-15(9-11)23(3)22-17(16)21-13-10-20-24-7-5-4-6-14(13)24;/h8-10,25H,4-7H2,1-3H3,(H,21,22);1H. The van der Waals surface area contributed by atoms with Crippen molar-refractivity contribution in [2.24, 2.45) is 7.05 Å². The normalized spacial score (nSPS) is 14.2. The molecule has 2 aromatic heterocycles. The molecule has 0 saturated carbocycles. The van der Waals surface area contributed by atoms with Crippen molar-refractivity contribution < 1.29 is 9.50 Å². The van der Waals surface area contributed by atoms with Gasteiger partial charge < -0.3 is 10.4 Å². The molecule has 8 heteroatoms. The van der Waals surface area contributed by atoms with E-state index in [0.717, 1.165) is 37.2 Å². The van der Waals surface area contributed by atoms with E-state index < -0.39 is 11.4 Å². The van der Waals surface area contributed by atoms with Gasteiger partial charge in [0.05, 0.1) is 34.1 Å². The number of fused-ring (bicyclic) bond motifs is 2. The van der Waals surface area contributed by atoms with Gasteiger partial charge in [0.1, 0.15) is 5.82 Å². The second kappa shape index (κ2) is 6.55. The number of nitrogens with one attached hydrogen (secondary N) is 1. The molecule has 1 aliphatic heterocycles. The van der Waals surface area contributed by atoms with Crippen molar-refractivity contribution in [3.8, 4) is 0 Å². The van der Waals surface area contributed by atoms with Gasteiger partial charge in [-0.3, -0.25) is 9.36 Å². The van der Waals surface area contributed by atoms with Gasteiger partial charge in [-0.2, -0.15) is 10.2 Å². The Bertz CT molecular complexity index is 957. The highest BCUT2D eigenvalue weighted by molar-refractivity contribution is 5.93. The summed E-state index contributed by atoms with van der Waals surface area (Å²) in [4.78, 5) is 0. The van der Waals surface area contributed by atoms with E-state index in [-0.39, 0.29) is 12.4 Å². The van der Waals surface area contributed by atoms with E-state index in [1.165, 1.54) is 6.07 Å². The second-order valence-corrected chi connectivity index (χ2v) is 7.19. The molecule has 0 saturated heterocycles. The largest absolute Gasteiger partial charge is 0.386 e. The van der Waals surface area contributed by atoms with Crippen LogP contribution in [0, 0.1) is 5.82 Å². The summed E-state index contributed by atoms with van der Waals surface area (Å²) in [5.41, 5.74) is 2.07. The molecule has 0 fully saturated rings. The fourth-order valence-corrected chi connectivity index (χ4v) is 3.43. The van der Waals surface area contributed by atoms with Crippen molar-refractivity contribution in [2.45, 2.75) is 45.3 Å². The van der Waals surface area contributed by atoms with Crippen molar-refractivity contribution in [3.63, 3.8) is 0 Å². The third-order valence-corrected chi connectivity index (χ3v) is 4.85. The number of aromatic nitrogens is 4. The Labute approximate surface area is 157 Å². The highest BCUT2D eigenvalue weighted by Gasteiger charge is 2.23. The van der Waals surface area contributed by atoms with Crippen LogP contribution in [0.1, 0.15) is 37.9 Å². The third kappa shape index (κ3) is 3.05. The molecule has 0 radical (unpaired) electrons. The van der Waals surface area contributed by atoms with Crippen molar-refractivity contribution in [1.29, 1.82) is 0 Å². The lowest BCUT2D eigenvalue weighted by Gasteiger charge is -2.18. The summed E-state index contributed by atoms with van der Waals surface area (Å²) in [7, 11) is 1.77. The van der Waals surface area contributed by atoms with Crippen molar-refractivity contribution in [1.82, 2.24) is 19.6 Å². The Morgan fingerprint density at radius 2 is 2.04 bits per heavy atom. The van der Waals surface area contributed by atoms with Crippen molar-refractivity contribution in [2.75, 3.05) is 5.32 Å². The molecule has 0 unspecified atom stereocenters. The van der Waals surface area contributed by atoms with Crippen LogP contribution in [0.3, 0.4) is 0 Å². The van der Waals surface area contributed by atoms with Crippen LogP contribution in [-0.2, 0) is 25.6 Å². The van der Waals surface area contributed by atoms with Crippen LogP contribution < -0.4 is 5.32 Å². The number of aryl methyl sites for hydroxylation is 2. The lowest BCUT2D eigenvalue weighted by atomic mass is 9.97. The molecule has 4 rings (SSSR count). The van der Waals surface area contributed by atoms with E-state index in [4.69, 9.17) is 0 Å². The first-order chi connectivity index (χ1) is 11.8. The zero-order valence-electron chi connectivity index (χ0n) is 15.1. The summed E-state index contributed by atoms with van der Waals surface area (Å²) in [5.74, 6) is 0.0740. The topological polar surface area (TPSA) is 67.9 Å². The van der Waals surface area contributed by atoms with Crippen LogP contribution >= 0.6 is 12.4 Å². The van der Waals surface area contributed by atoms with E-state index in [1.54, 1.807) is 37.8 Å². The van der Waals surface area contributed by atoms with Gasteiger partial charge >= 0.3 is 0 Å². The van der Waals surface area contributed by atoms with Gasteiger partial charge in [-0.25, -0.2) is 4.39 Å². The Morgan fingerprint density at radius 3 is 2.77 bits per heavy atom. The molecule has 0 atom stereocenters. The first-order valence-corrected chi connectivity index (χ1v) is 8.55. The first-order valence-electron chi connectivity index (χ1n) is 8.55. The van der Waals surface area contributed by atoms with Gasteiger partial charge in [0.2, 0.25) is 0 Å². The van der Waals surface area contributed by atoms with Crippen LogP contribution in [0.2, 0.25) is 0 Å². The Hall–Kier alpha value is -2.12. The Kier molecular flexibility index (Phi) is 4.71. The minimum absolute atomic E-state index is 0. The maximum absolute atomic E-state index is 14.8. The second-order valence-electron chi connectivity index (χ2n) is 7.19. The minimum Gasteiger partial charge on any atom is -0.386 e. The quantitative estimate of drug-likeness (QED) is 0.729. The maximum Gasteiger partial charge on any atom is 0.163 e. The summed E-state index contributed by atoms with van der Waals surface area (Å²) < 4.78 is 18.4. The molecule has 3 heterocycles. The van der Waals surface area contributed by atoms with Gasteiger partial charge in [-0.15, -0.1) is 12.4 Å². The van der Waals surface area contributed by atoms with E-state index in [0.29, 0.717) is 22.3 Å². The highest BCUT2D eigenvalue weighted by Crippen LogP contribution is 2.33. The number of aliphatic hydroxyl groups is 1. The fraction of sp³-hybridized carbons (Fsp3) is 0.444. The van der Waals surface area contributed by atoms with E-state index in [1.807, 2.05) is 4.68 Å². The summed E-state index contributed by atoms with van der Waals surface area (Å²) >= 11 is 0. The van der Waals surface area contributed by atoms with Crippen LogP contribution in [-0.4, -0.2) is 24.7 Å². The Balaban J connectivity index is 0.00000196. The highest BCUT2D eigenvalue weighted by atomic mass is 35.5. The molecule has 0 aliphatic carbocycles. The number of halogens is 2. The number of rotatable bonds is 3. The Morgan fingerprint density at radius 1 is 1.27 bits per heavy atom. The van der Waals surface area contributed by atoms with E-state index in [9.17, 15) is 9.50 Å². The molecule has 140 valence electrons. The average Bonchev–Trinajstić information content (AvgIpc) is 3.09. The lowest BCUT2D eigenvalue weighted by molar-refractivity contribution is 0.0784. The zero-order valence-corrected chi connectivity index (χ0v) is 15.9. The minimum atomic E-state index is -1.11. The van der Waals surface area contributed by atoms with Gasteiger partial charge in [0, 0.05) is 13.6 Å². The molecule has 1 aromatic carbocycles. The summed E-state index contributed by atoms with van der Waals surface area (Å²) in [5, 5.41) is 22.7. The third-order valence-electron chi connectivity index (χ3n) is 4.85. The molecule has 0 spiro atoms. The molecule has 6 nitrogen and oxygen atoms in total. The predicted molar refractivity (Wildman–Crippen MR) is 102 cm³/mol. The summed E-state index contributed by atoms with van der Waals surface area (Å²) in [6.07, 6.45) is 5.00. The van der Waals surface area contributed by atoms with E-state index >= 15 is 0 Å². The SMILES string of the molecule is Cl.Cn1nc(Nc2cnn3c2CCCC3)c2c(F)cc(C(C)(C)O)cc21. The number of hydrogen-bond acceptors (Lipinski definition) is 4. The average molecular weight is 380 g/mol. The predicted octanol–water partition coefficient (Wildman–Crippen LogP) is 3.64. The van der Waals surface area contributed by atoms with Crippen molar-refractivity contribution in [3.05, 3.63) is 35.4 Å². The van der Waals surface area contributed by atoms with Crippen LogP contribution in [0.4, 0.5) is 15.9 Å². The van der Waals surface area contributed by atoms with Gasteiger partial charge in [0.15, 0.2) is 5.82 Å². The fourth-order valence-electron chi connectivity index (χ4n) is 3.43. The van der Waals surface area contributed by atoms with Crippen molar-refractivity contribution >= 4 is 34.8 Å². The van der Waals surface area contributed by atoms with Gasteiger partial charge in [-0.05, 0) is 50.8 Å². The number of hydrogen-bond donors (Lipinski definition) is 2.